The fourth-order valence-electron chi connectivity index (χ4n) is 4.55. The number of hydrogen-bond acceptors (Lipinski definition) is 4. The Hall–Kier alpha value is -3.56. The Balaban J connectivity index is 1.45. The molecule has 1 fully saturated rings. The van der Waals surface area contributed by atoms with Crippen molar-refractivity contribution in [2.45, 2.75) is 26.8 Å². The summed E-state index contributed by atoms with van der Waals surface area (Å²) in [6.07, 6.45) is 0.944. The number of benzene rings is 2. The number of aryl methyl sites for hydroxylation is 1. The second-order valence-corrected chi connectivity index (χ2v) is 8.55. The molecule has 2 heterocycles. The fourth-order valence-corrected chi connectivity index (χ4v) is 4.55. The van der Waals surface area contributed by atoms with Crippen LogP contribution in [0.4, 0.5) is 0 Å². The van der Waals surface area contributed by atoms with Gasteiger partial charge in [0.25, 0.3) is 5.91 Å². The number of rotatable bonds is 5. The molecule has 0 saturated carbocycles. The van der Waals surface area contributed by atoms with Gasteiger partial charge in [-0.25, -0.2) is 0 Å². The van der Waals surface area contributed by atoms with Crippen molar-refractivity contribution in [1.29, 1.82) is 5.26 Å². The van der Waals surface area contributed by atoms with Gasteiger partial charge in [0, 0.05) is 49.8 Å². The van der Waals surface area contributed by atoms with Crippen LogP contribution in [0.15, 0.2) is 54.6 Å². The lowest BCUT2D eigenvalue weighted by Gasteiger charge is -2.22. The minimum atomic E-state index is 0.100. The van der Waals surface area contributed by atoms with Gasteiger partial charge in [-0.15, -0.1) is 0 Å². The monoisotopic (exact) mass is 442 g/mol. The summed E-state index contributed by atoms with van der Waals surface area (Å²) in [7, 11) is 1.66. The van der Waals surface area contributed by atoms with Crippen molar-refractivity contribution in [3.63, 3.8) is 0 Å². The van der Waals surface area contributed by atoms with Crippen LogP contribution in [0.3, 0.4) is 0 Å². The molecule has 0 aliphatic carbocycles. The summed E-state index contributed by atoms with van der Waals surface area (Å²) in [6, 6.07) is 19.8. The van der Waals surface area contributed by atoms with E-state index in [1.807, 2.05) is 73.3 Å². The molecule has 0 N–H and O–H groups in total. The molecule has 33 heavy (non-hydrogen) atoms. The van der Waals surface area contributed by atoms with Crippen molar-refractivity contribution >= 4 is 5.91 Å². The third-order valence-electron chi connectivity index (χ3n) is 6.36. The molecule has 2 aromatic carbocycles. The summed E-state index contributed by atoms with van der Waals surface area (Å²) >= 11 is 0. The molecule has 0 atom stereocenters. The van der Waals surface area contributed by atoms with Crippen LogP contribution in [-0.4, -0.2) is 53.6 Å². The van der Waals surface area contributed by atoms with E-state index < -0.39 is 0 Å². The molecule has 6 nitrogen and oxygen atoms in total. The van der Waals surface area contributed by atoms with Crippen molar-refractivity contribution in [3.05, 3.63) is 82.7 Å². The van der Waals surface area contributed by atoms with Gasteiger partial charge in [0.2, 0.25) is 0 Å². The summed E-state index contributed by atoms with van der Waals surface area (Å²) < 4.78 is 7.40. The van der Waals surface area contributed by atoms with Gasteiger partial charge in [-0.3, -0.25) is 9.69 Å². The van der Waals surface area contributed by atoms with Gasteiger partial charge in [-0.05, 0) is 68.3 Å². The Bertz CT molecular complexity index is 1160. The van der Waals surface area contributed by atoms with E-state index in [0.29, 0.717) is 12.1 Å². The fraction of sp³-hybridized carbons (Fsp3) is 0.333. The summed E-state index contributed by atoms with van der Waals surface area (Å²) in [4.78, 5) is 17.8. The van der Waals surface area contributed by atoms with E-state index in [9.17, 15) is 4.79 Å². The van der Waals surface area contributed by atoms with E-state index in [0.717, 1.165) is 61.0 Å². The zero-order valence-electron chi connectivity index (χ0n) is 19.5. The zero-order chi connectivity index (χ0) is 23.4. The first-order valence-corrected chi connectivity index (χ1v) is 11.3. The molecule has 1 aromatic heterocycles. The number of nitriles is 1. The Morgan fingerprint density at radius 2 is 1.73 bits per heavy atom. The molecule has 3 aromatic rings. The maximum Gasteiger partial charge on any atom is 0.255 e. The highest BCUT2D eigenvalue weighted by Gasteiger charge is 2.24. The van der Waals surface area contributed by atoms with Crippen LogP contribution in [0.2, 0.25) is 0 Å². The second-order valence-electron chi connectivity index (χ2n) is 8.55. The van der Waals surface area contributed by atoms with Gasteiger partial charge in [-0.2, -0.15) is 5.26 Å². The Kier molecular flexibility index (Phi) is 6.81. The van der Waals surface area contributed by atoms with Gasteiger partial charge >= 0.3 is 0 Å². The highest BCUT2D eigenvalue weighted by Crippen LogP contribution is 2.24. The van der Waals surface area contributed by atoms with Crippen molar-refractivity contribution in [3.8, 4) is 17.5 Å². The largest absolute Gasteiger partial charge is 0.497 e. The normalized spacial score (nSPS) is 14.5. The minimum Gasteiger partial charge on any atom is -0.497 e. The smallest absolute Gasteiger partial charge is 0.255 e. The quantitative estimate of drug-likeness (QED) is 0.590. The lowest BCUT2D eigenvalue weighted by atomic mass is 10.1. The third kappa shape index (κ3) is 4.94. The predicted molar refractivity (Wildman–Crippen MR) is 129 cm³/mol. The van der Waals surface area contributed by atoms with E-state index in [1.54, 1.807) is 7.11 Å². The summed E-state index contributed by atoms with van der Waals surface area (Å²) in [5, 5.41) is 8.98. The minimum absolute atomic E-state index is 0.100. The van der Waals surface area contributed by atoms with Crippen LogP contribution in [0.5, 0.6) is 5.75 Å². The highest BCUT2D eigenvalue weighted by molar-refractivity contribution is 5.96. The topological polar surface area (TPSA) is 61.5 Å². The van der Waals surface area contributed by atoms with Crippen molar-refractivity contribution in [2.24, 2.45) is 0 Å². The Labute approximate surface area is 195 Å². The van der Waals surface area contributed by atoms with Crippen molar-refractivity contribution < 1.29 is 9.53 Å². The van der Waals surface area contributed by atoms with E-state index in [2.05, 4.69) is 15.5 Å². The van der Waals surface area contributed by atoms with Crippen molar-refractivity contribution in [1.82, 2.24) is 14.4 Å². The van der Waals surface area contributed by atoms with E-state index in [4.69, 9.17) is 10.00 Å². The van der Waals surface area contributed by atoms with Crippen LogP contribution in [0.1, 0.15) is 39.3 Å². The molecule has 0 spiro atoms. The van der Waals surface area contributed by atoms with Gasteiger partial charge < -0.3 is 14.2 Å². The second kappa shape index (κ2) is 9.93. The number of carbonyl (C=O) groups excluding carboxylic acids is 1. The van der Waals surface area contributed by atoms with E-state index >= 15 is 0 Å². The Morgan fingerprint density at radius 3 is 2.39 bits per heavy atom. The molecule has 0 bridgehead atoms. The summed E-state index contributed by atoms with van der Waals surface area (Å²) in [5.74, 6) is 0.913. The van der Waals surface area contributed by atoms with E-state index in [-0.39, 0.29) is 5.91 Å². The first-order chi connectivity index (χ1) is 16.0. The van der Waals surface area contributed by atoms with Crippen LogP contribution in [0.25, 0.3) is 5.69 Å². The van der Waals surface area contributed by atoms with Gasteiger partial charge in [0.05, 0.1) is 24.3 Å². The highest BCUT2D eigenvalue weighted by atomic mass is 16.5. The SMILES string of the molecule is COc1ccc(-n2c(C)cc(C(=O)N3CCCN(Cc4ccc(C#N)cc4)CC3)c2C)cc1. The lowest BCUT2D eigenvalue weighted by Crippen LogP contribution is -2.35. The molecule has 1 amide bonds. The molecule has 1 aliphatic heterocycles. The molecule has 170 valence electrons. The molecular formula is C27H30N4O2. The molecular weight excluding hydrogens is 412 g/mol. The lowest BCUT2D eigenvalue weighted by molar-refractivity contribution is 0.0760. The average Bonchev–Trinajstić information content (AvgIpc) is 2.99. The van der Waals surface area contributed by atoms with Crippen molar-refractivity contribution in [2.75, 3.05) is 33.3 Å². The first kappa shape index (κ1) is 22.6. The number of aromatic nitrogens is 1. The standard InChI is InChI=1S/C27H30N4O2/c1-20-17-26(21(2)31(20)24-9-11-25(33-3)12-10-24)27(32)30-14-4-13-29(15-16-30)19-23-7-5-22(18-28)6-8-23/h5-12,17H,4,13-16,19H2,1-3H3. The van der Waals surface area contributed by atoms with Gasteiger partial charge in [0.1, 0.15) is 5.75 Å². The Morgan fingerprint density at radius 1 is 1.00 bits per heavy atom. The van der Waals surface area contributed by atoms with Crippen LogP contribution >= 0.6 is 0 Å². The molecule has 1 aliphatic rings. The third-order valence-corrected chi connectivity index (χ3v) is 6.36. The summed E-state index contributed by atoms with van der Waals surface area (Å²) in [6.45, 7) is 8.14. The number of carbonyl (C=O) groups is 1. The molecule has 0 unspecified atom stereocenters. The number of ether oxygens (including phenoxy) is 1. The molecule has 1 saturated heterocycles. The molecule has 6 heteroatoms. The van der Waals surface area contributed by atoms with Crippen LogP contribution < -0.4 is 4.74 Å². The predicted octanol–water partition coefficient (Wildman–Crippen LogP) is 4.32. The van der Waals surface area contributed by atoms with Crippen LogP contribution in [0, 0.1) is 25.2 Å². The summed E-state index contributed by atoms with van der Waals surface area (Å²) in [5.41, 5.74) is 5.66. The number of nitrogens with zero attached hydrogens (tertiary/aromatic N) is 4. The average molecular weight is 443 g/mol. The zero-order valence-corrected chi connectivity index (χ0v) is 19.5. The van der Waals surface area contributed by atoms with Gasteiger partial charge in [0.15, 0.2) is 0 Å². The van der Waals surface area contributed by atoms with E-state index in [1.165, 1.54) is 5.56 Å². The maximum absolute atomic E-state index is 13.4. The van der Waals surface area contributed by atoms with Crippen LogP contribution in [-0.2, 0) is 6.54 Å². The number of amides is 1. The number of hydrogen-bond donors (Lipinski definition) is 0. The molecule has 4 rings (SSSR count). The number of methoxy groups -OCH3 is 1. The van der Waals surface area contributed by atoms with Gasteiger partial charge in [-0.1, -0.05) is 12.1 Å². The maximum atomic E-state index is 13.4. The first-order valence-electron chi connectivity index (χ1n) is 11.3. The molecule has 0 radical (unpaired) electrons.